The predicted octanol–water partition coefficient (Wildman–Crippen LogP) is 3.08. The van der Waals surface area contributed by atoms with Gasteiger partial charge in [-0.3, -0.25) is 0 Å². The molecule has 0 bridgehead atoms. The van der Waals surface area contributed by atoms with Crippen molar-refractivity contribution in [2.75, 3.05) is 0 Å². The van der Waals surface area contributed by atoms with Crippen LogP contribution in [0.2, 0.25) is 0 Å². The van der Waals surface area contributed by atoms with Gasteiger partial charge in [0.25, 0.3) is 0 Å². The summed E-state index contributed by atoms with van der Waals surface area (Å²) < 4.78 is 0. The predicted molar refractivity (Wildman–Crippen MR) is 56.5 cm³/mol. The van der Waals surface area contributed by atoms with E-state index in [2.05, 4.69) is 27.7 Å². The lowest BCUT2D eigenvalue weighted by molar-refractivity contribution is -0.0152. The van der Waals surface area contributed by atoms with E-state index < -0.39 is 0 Å². The van der Waals surface area contributed by atoms with Crippen LogP contribution in [0.3, 0.4) is 0 Å². The molecule has 1 fully saturated rings. The first-order chi connectivity index (χ1) is 6.07. The molecule has 0 aromatic carbocycles. The van der Waals surface area contributed by atoms with Crippen molar-refractivity contribution < 1.29 is 5.11 Å². The fraction of sp³-hybridized carbons (Fsp3) is 1.00. The average molecular weight is 184 g/mol. The van der Waals surface area contributed by atoms with Crippen molar-refractivity contribution in [3.8, 4) is 0 Å². The van der Waals surface area contributed by atoms with E-state index in [1.807, 2.05) is 0 Å². The van der Waals surface area contributed by atoms with E-state index in [-0.39, 0.29) is 6.10 Å². The molecule has 0 aromatic rings. The van der Waals surface area contributed by atoms with Crippen LogP contribution >= 0.6 is 0 Å². The van der Waals surface area contributed by atoms with Crippen LogP contribution in [0.25, 0.3) is 0 Å². The van der Waals surface area contributed by atoms with Crippen LogP contribution in [0.15, 0.2) is 0 Å². The normalized spacial score (nSPS) is 43.2. The zero-order chi connectivity index (χ0) is 10.0. The zero-order valence-electron chi connectivity index (χ0n) is 9.46. The molecule has 5 atom stereocenters. The Hall–Kier alpha value is -0.0400. The van der Waals surface area contributed by atoms with Crippen LogP contribution in [0.5, 0.6) is 0 Å². The Morgan fingerprint density at radius 2 is 1.92 bits per heavy atom. The maximum atomic E-state index is 9.96. The van der Waals surface area contributed by atoms with Crippen LogP contribution in [-0.4, -0.2) is 11.2 Å². The molecule has 0 radical (unpaired) electrons. The third-order valence-corrected chi connectivity index (χ3v) is 4.17. The number of hydrogen-bond donors (Lipinski definition) is 1. The van der Waals surface area contributed by atoms with Crippen LogP contribution in [0, 0.1) is 23.7 Å². The summed E-state index contributed by atoms with van der Waals surface area (Å²) in [6.45, 7) is 9.14. The lowest BCUT2D eigenvalue weighted by Crippen LogP contribution is -2.39. The smallest absolute Gasteiger partial charge is 0.0573 e. The molecule has 0 amide bonds. The van der Waals surface area contributed by atoms with Gasteiger partial charge in [-0.15, -0.1) is 0 Å². The molecule has 0 spiro atoms. The van der Waals surface area contributed by atoms with Crippen molar-refractivity contribution in [3.05, 3.63) is 0 Å². The topological polar surface area (TPSA) is 20.2 Å². The quantitative estimate of drug-likeness (QED) is 0.699. The van der Waals surface area contributed by atoms with Gasteiger partial charge in [0.2, 0.25) is 0 Å². The van der Waals surface area contributed by atoms with Crippen molar-refractivity contribution >= 4 is 0 Å². The SMILES string of the molecule is CCC(C)[C@H]1C(O)CCC(C)C1C. The summed E-state index contributed by atoms with van der Waals surface area (Å²) >= 11 is 0. The number of aliphatic hydroxyl groups excluding tert-OH is 1. The fourth-order valence-corrected chi connectivity index (χ4v) is 2.79. The highest BCUT2D eigenvalue weighted by Crippen LogP contribution is 2.39. The van der Waals surface area contributed by atoms with Crippen LogP contribution in [0.1, 0.15) is 47.0 Å². The van der Waals surface area contributed by atoms with Crippen molar-refractivity contribution in [2.45, 2.75) is 53.1 Å². The first-order valence-electron chi connectivity index (χ1n) is 5.76. The fourth-order valence-electron chi connectivity index (χ4n) is 2.79. The van der Waals surface area contributed by atoms with Gasteiger partial charge >= 0.3 is 0 Å². The molecule has 4 unspecified atom stereocenters. The van der Waals surface area contributed by atoms with Gasteiger partial charge in [-0.05, 0) is 36.5 Å². The molecule has 1 rings (SSSR count). The molecule has 1 heteroatoms. The maximum absolute atomic E-state index is 9.96. The molecule has 1 N–H and O–H groups in total. The van der Waals surface area contributed by atoms with Crippen molar-refractivity contribution in [1.29, 1.82) is 0 Å². The Balaban J connectivity index is 2.65. The highest BCUT2D eigenvalue weighted by molar-refractivity contribution is 4.85. The second-order valence-electron chi connectivity index (χ2n) is 4.94. The third-order valence-electron chi connectivity index (χ3n) is 4.17. The highest BCUT2D eigenvalue weighted by Gasteiger charge is 2.36. The van der Waals surface area contributed by atoms with Crippen molar-refractivity contribution in [3.63, 3.8) is 0 Å². The molecule has 1 aliphatic carbocycles. The molecule has 1 saturated carbocycles. The molecule has 1 nitrogen and oxygen atoms in total. The van der Waals surface area contributed by atoms with Gasteiger partial charge in [-0.25, -0.2) is 0 Å². The summed E-state index contributed by atoms with van der Waals surface area (Å²) in [5.41, 5.74) is 0. The second-order valence-corrected chi connectivity index (χ2v) is 4.94. The number of hydrogen-bond acceptors (Lipinski definition) is 1. The van der Waals surface area contributed by atoms with E-state index in [9.17, 15) is 5.11 Å². The summed E-state index contributed by atoms with van der Waals surface area (Å²) in [7, 11) is 0. The molecule has 0 aromatic heterocycles. The van der Waals surface area contributed by atoms with E-state index in [0.717, 1.165) is 12.3 Å². The Bertz CT molecular complexity index is 151. The van der Waals surface area contributed by atoms with Gasteiger partial charge in [-0.1, -0.05) is 34.1 Å². The first kappa shape index (κ1) is 11.0. The second kappa shape index (κ2) is 4.45. The van der Waals surface area contributed by atoms with Gasteiger partial charge < -0.3 is 5.11 Å². The third kappa shape index (κ3) is 2.25. The van der Waals surface area contributed by atoms with Gasteiger partial charge in [0, 0.05) is 0 Å². The molecule has 0 heterocycles. The van der Waals surface area contributed by atoms with E-state index in [1.54, 1.807) is 0 Å². The minimum absolute atomic E-state index is 0.0406. The van der Waals surface area contributed by atoms with Gasteiger partial charge in [-0.2, -0.15) is 0 Å². The van der Waals surface area contributed by atoms with Gasteiger partial charge in [0.1, 0.15) is 0 Å². The summed E-state index contributed by atoms with van der Waals surface area (Å²) in [6.07, 6.45) is 3.37. The van der Waals surface area contributed by atoms with E-state index in [4.69, 9.17) is 0 Å². The molecular weight excluding hydrogens is 160 g/mol. The lowest BCUT2D eigenvalue weighted by Gasteiger charge is -2.41. The highest BCUT2D eigenvalue weighted by atomic mass is 16.3. The summed E-state index contributed by atoms with van der Waals surface area (Å²) in [5.74, 6) is 2.70. The van der Waals surface area contributed by atoms with E-state index in [0.29, 0.717) is 17.8 Å². The number of rotatable bonds is 2. The van der Waals surface area contributed by atoms with Gasteiger partial charge in [0.05, 0.1) is 6.10 Å². The lowest BCUT2D eigenvalue weighted by atomic mass is 9.67. The van der Waals surface area contributed by atoms with Crippen molar-refractivity contribution in [1.82, 2.24) is 0 Å². The van der Waals surface area contributed by atoms with Crippen molar-refractivity contribution in [2.24, 2.45) is 23.7 Å². The molecule has 1 aliphatic rings. The molecule has 78 valence electrons. The van der Waals surface area contributed by atoms with E-state index in [1.165, 1.54) is 12.8 Å². The molecular formula is C12H24O. The monoisotopic (exact) mass is 184 g/mol. The minimum atomic E-state index is -0.0406. The van der Waals surface area contributed by atoms with Gasteiger partial charge in [0.15, 0.2) is 0 Å². The summed E-state index contributed by atoms with van der Waals surface area (Å²) in [5, 5.41) is 9.96. The largest absolute Gasteiger partial charge is 0.393 e. The maximum Gasteiger partial charge on any atom is 0.0573 e. The van der Waals surface area contributed by atoms with Crippen LogP contribution < -0.4 is 0 Å². The minimum Gasteiger partial charge on any atom is -0.393 e. The Labute approximate surface area is 82.5 Å². The Kier molecular flexibility index (Phi) is 3.78. The Morgan fingerprint density at radius 3 is 2.46 bits per heavy atom. The molecule has 13 heavy (non-hydrogen) atoms. The molecule has 0 saturated heterocycles. The zero-order valence-corrected chi connectivity index (χ0v) is 9.46. The number of aliphatic hydroxyl groups is 1. The van der Waals surface area contributed by atoms with Crippen LogP contribution in [-0.2, 0) is 0 Å². The van der Waals surface area contributed by atoms with E-state index >= 15 is 0 Å². The molecule has 0 aliphatic heterocycles. The summed E-state index contributed by atoms with van der Waals surface area (Å²) in [6, 6.07) is 0. The average Bonchev–Trinajstić information content (AvgIpc) is 2.12. The Morgan fingerprint density at radius 1 is 1.31 bits per heavy atom. The summed E-state index contributed by atoms with van der Waals surface area (Å²) in [4.78, 5) is 0. The first-order valence-corrected chi connectivity index (χ1v) is 5.76. The standard InChI is InChI=1S/C12H24O/c1-5-8(2)12-10(4)9(3)6-7-11(12)13/h8-13H,5-7H2,1-4H3/t8?,9?,10?,11?,12-/m1/s1. The van der Waals surface area contributed by atoms with Crippen LogP contribution in [0.4, 0.5) is 0 Å².